The first-order valence-corrected chi connectivity index (χ1v) is 19.6. The zero-order valence-electron chi connectivity index (χ0n) is 29.6. The number of sulfonamides is 1. The summed E-state index contributed by atoms with van der Waals surface area (Å²) in [5.74, 6) is -1.72. The first-order valence-electron chi connectivity index (χ1n) is 18.1. The molecule has 1 aromatic heterocycles. The zero-order valence-corrected chi connectivity index (χ0v) is 30.4. The number of alkyl carbamates (subject to hydrolysis) is 1. The second-order valence-electron chi connectivity index (χ2n) is 15.9. The molecule has 6 rings (SSSR count). The molecule has 3 aliphatic carbocycles. The summed E-state index contributed by atoms with van der Waals surface area (Å²) in [5, 5.41) is 5.66. The molecule has 5 atom stereocenters. The number of carbonyl (C=O) groups is 4. The lowest BCUT2D eigenvalue weighted by Gasteiger charge is -2.30. The molecule has 0 aromatic carbocycles. The Balaban J connectivity index is 1.29. The smallest absolute Gasteiger partial charge is 0.408 e. The monoisotopic (exact) mass is 713 g/mol. The number of hydrogen-bond acceptors (Lipinski definition) is 9. The molecule has 1 aromatic rings. The molecule has 14 heteroatoms. The minimum Gasteiger partial charge on any atom is -0.472 e. The van der Waals surface area contributed by atoms with E-state index >= 15 is 0 Å². The summed E-state index contributed by atoms with van der Waals surface area (Å²) < 4.78 is 39.4. The highest BCUT2D eigenvalue weighted by molar-refractivity contribution is 7.91. The van der Waals surface area contributed by atoms with Gasteiger partial charge in [0.05, 0.1) is 11.3 Å². The summed E-state index contributed by atoms with van der Waals surface area (Å²) in [4.78, 5) is 61.3. The maximum atomic E-state index is 14.4. The molecule has 3 N–H and O–H groups in total. The van der Waals surface area contributed by atoms with Crippen molar-refractivity contribution < 1.29 is 37.1 Å². The third-order valence-corrected chi connectivity index (χ3v) is 12.8. The predicted octanol–water partition coefficient (Wildman–Crippen LogP) is 3.60. The number of hydrogen-bond donors (Lipinski definition) is 3. The average Bonchev–Trinajstić information content (AvgIpc) is 3.92. The molecule has 3 heterocycles. The van der Waals surface area contributed by atoms with Gasteiger partial charge in [0.1, 0.15) is 29.3 Å². The number of carbonyl (C=O) groups excluding carboxylic acids is 4. The minimum atomic E-state index is -3.96. The normalized spacial score (nSPS) is 30.2. The van der Waals surface area contributed by atoms with Gasteiger partial charge in [-0.3, -0.25) is 19.1 Å². The molecule has 50 heavy (non-hydrogen) atoms. The second-order valence-corrected chi connectivity index (χ2v) is 18.1. The van der Waals surface area contributed by atoms with E-state index in [2.05, 4.69) is 20.3 Å². The van der Waals surface area contributed by atoms with E-state index in [1.807, 2.05) is 18.2 Å². The van der Waals surface area contributed by atoms with Crippen molar-refractivity contribution in [3.05, 3.63) is 35.5 Å². The summed E-state index contributed by atoms with van der Waals surface area (Å²) >= 11 is 0. The SMILES string of the molecule is CC(C)(C)OC(=O)N[C@H]1CCCCC/C=C\[C@@H]2C[C@@]2(C(=O)NS(=O)(=O)C2(C)CC2)NC(=O)[C@@H]2C[C@@H](Oc3nccc4c3CCCC4)CN2C1=O. The number of nitrogens with one attached hydrogen (secondary N) is 3. The van der Waals surface area contributed by atoms with Gasteiger partial charge in [-0.15, -0.1) is 0 Å². The van der Waals surface area contributed by atoms with E-state index in [4.69, 9.17) is 9.47 Å². The van der Waals surface area contributed by atoms with E-state index in [1.54, 1.807) is 33.9 Å². The van der Waals surface area contributed by atoms with Crippen molar-refractivity contribution in [1.29, 1.82) is 0 Å². The van der Waals surface area contributed by atoms with Crippen LogP contribution in [-0.2, 0) is 42.0 Å². The molecule has 5 aliphatic rings. The van der Waals surface area contributed by atoms with Crippen LogP contribution in [0.5, 0.6) is 5.88 Å². The number of pyridine rings is 1. The maximum absolute atomic E-state index is 14.4. The molecule has 1 saturated heterocycles. The van der Waals surface area contributed by atoms with Crippen LogP contribution in [-0.4, -0.2) is 82.7 Å². The molecular weight excluding hydrogens is 662 g/mol. The fourth-order valence-electron chi connectivity index (χ4n) is 7.29. The Morgan fingerprint density at radius 1 is 1.08 bits per heavy atom. The second kappa shape index (κ2) is 13.8. The highest BCUT2D eigenvalue weighted by Gasteiger charge is 2.63. The molecule has 4 amide bonds. The molecular formula is C36H51N5O8S. The number of nitrogens with zero attached hydrogens (tertiary/aromatic N) is 2. The van der Waals surface area contributed by atoms with Crippen LogP contribution >= 0.6 is 0 Å². The van der Waals surface area contributed by atoms with Crippen molar-refractivity contribution in [2.24, 2.45) is 5.92 Å². The first kappa shape index (κ1) is 36.1. The first-order chi connectivity index (χ1) is 23.6. The molecule has 3 fully saturated rings. The van der Waals surface area contributed by atoms with Gasteiger partial charge in [0.15, 0.2) is 0 Å². The number of aromatic nitrogens is 1. The maximum Gasteiger partial charge on any atom is 0.408 e. The van der Waals surface area contributed by atoms with Gasteiger partial charge in [0.25, 0.3) is 5.91 Å². The van der Waals surface area contributed by atoms with Gasteiger partial charge in [-0.25, -0.2) is 18.2 Å². The Morgan fingerprint density at radius 3 is 2.58 bits per heavy atom. The predicted molar refractivity (Wildman–Crippen MR) is 184 cm³/mol. The van der Waals surface area contributed by atoms with Crippen LogP contribution in [0.4, 0.5) is 4.79 Å². The van der Waals surface area contributed by atoms with E-state index in [-0.39, 0.29) is 19.4 Å². The highest BCUT2D eigenvalue weighted by atomic mass is 32.2. The fraction of sp³-hybridized carbons (Fsp3) is 0.694. The minimum absolute atomic E-state index is 0.0596. The molecule has 0 unspecified atom stereocenters. The van der Waals surface area contributed by atoms with Crippen LogP contribution in [0.25, 0.3) is 0 Å². The van der Waals surface area contributed by atoms with Crippen LogP contribution in [0.3, 0.4) is 0 Å². The number of amides is 4. The van der Waals surface area contributed by atoms with Gasteiger partial charge in [0, 0.05) is 24.1 Å². The average molecular weight is 714 g/mol. The summed E-state index contributed by atoms with van der Waals surface area (Å²) in [6.07, 6.45) is 12.7. The van der Waals surface area contributed by atoms with E-state index in [1.165, 1.54) is 10.5 Å². The van der Waals surface area contributed by atoms with Crippen LogP contribution in [0.1, 0.15) is 109 Å². The summed E-state index contributed by atoms with van der Waals surface area (Å²) in [6, 6.07) is -0.0105. The number of rotatable bonds is 6. The van der Waals surface area contributed by atoms with E-state index in [0.29, 0.717) is 38.0 Å². The standard InChI is InChI=1S/C36H51N5O8S/c1-34(2,3)49-33(45)38-27-15-9-7-5-6-8-13-24-21-36(24,32(44)40-50(46,47)35(4)17-18-35)39-29(42)28-20-25(22-41(28)31(27)43)48-30-26-14-11-10-12-23(26)16-19-37-30/h8,13,16,19,24-25,27-28H,5-7,9-12,14-15,17-18,20-22H2,1-4H3,(H,38,45)(H,39,42)(H,40,44)/b13-8-/t24-,25-,27+,28+,36-/m1/s1. The summed E-state index contributed by atoms with van der Waals surface area (Å²) in [5.41, 5.74) is -0.0398. The Bertz CT molecular complexity index is 1650. The van der Waals surface area contributed by atoms with Crippen LogP contribution < -0.4 is 20.1 Å². The largest absolute Gasteiger partial charge is 0.472 e. The van der Waals surface area contributed by atoms with Gasteiger partial charge >= 0.3 is 6.09 Å². The van der Waals surface area contributed by atoms with Crippen molar-refractivity contribution in [3.63, 3.8) is 0 Å². The summed E-state index contributed by atoms with van der Waals surface area (Å²) in [7, 11) is -3.96. The quantitative estimate of drug-likeness (QED) is 0.373. The van der Waals surface area contributed by atoms with Crippen molar-refractivity contribution in [3.8, 4) is 5.88 Å². The Labute approximate surface area is 294 Å². The van der Waals surface area contributed by atoms with Gasteiger partial charge in [-0.1, -0.05) is 25.0 Å². The topological polar surface area (TPSA) is 173 Å². The lowest BCUT2D eigenvalue weighted by molar-refractivity contribution is -0.141. The van der Waals surface area contributed by atoms with Crippen LogP contribution in [0, 0.1) is 5.92 Å². The van der Waals surface area contributed by atoms with Gasteiger partial charge < -0.3 is 25.0 Å². The molecule has 0 radical (unpaired) electrons. The zero-order chi connectivity index (χ0) is 35.9. The van der Waals surface area contributed by atoms with E-state index in [9.17, 15) is 27.6 Å². The third-order valence-electron chi connectivity index (χ3n) is 10.7. The Kier molecular flexibility index (Phi) is 9.97. The molecule has 2 aliphatic heterocycles. The third kappa shape index (κ3) is 7.79. The number of aryl methyl sites for hydroxylation is 1. The number of allylic oxidation sites excluding steroid dienone is 1. The Hall–Kier alpha value is -3.68. The van der Waals surface area contributed by atoms with Gasteiger partial charge in [-0.2, -0.15) is 0 Å². The number of fused-ring (bicyclic) bond motifs is 3. The lowest BCUT2D eigenvalue weighted by Crippen LogP contribution is -2.58. The van der Waals surface area contributed by atoms with Crippen LogP contribution in [0.15, 0.2) is 24.4 Å². The van der Waals surface area contributed by atoms with Crippen molar-refractivity contribution in [2.45, 2.75) is 145 Å². The highest BCUT2D eigenvalue weighted by Crippen LogP contribution is 2.47. The number of ether oxygens (including phenoxy) is 2. The van der Waals surface area contributed by atoms with Crippen molar-refractivity contribution >= 4 is 33.8 Å². The lowest BCUT2D eigenvalue weighted by atomic mass is 9.93. The molecule has 13 nitrogen and oxygen atoms in total. The molecule has 0 spiro atoms. The van der Waals surface area contributed by atoms with Crippen molar-refractivity contribution in [2.75, 3.05) is 6.54 Å². The van der Waals surface area contributed by atoms with Crippen molar-refractivity contribution in [1.82, 2.24) is 25.2 Å². The summed E-state index contributed by atoms with van der Waals surface area (Å²) in [6.45, 7) is 6.88. The van der Waals surface area contributed by atoms with E-state index < -0.39 is 73.8 Å². The Morgan fingerprint density at radius 2 is 1.84 bits per heavy atom. The van der Waals surface area contributed by atoms with Crippen LogP contribution in [0.2, 0.25) is 0 Å². The molecule has 0 bridgehead atoms. The molecule has 274 valence electrons. The van der Waals surface area contributed by atoms with Gasteiger partial charge in [0.2, 0.25) is 27.7 Å². The fourth-order valence-corrected chi connectivity index (χ4v) is 8.60. The molecule has 2 saturated carbocycles. The van der Waals surface area contributed by atoms with E-state index in [0.717, 1.165) is 44.1 Å². The van der Waals surface area contributed by atoms with Gasteiger partial charge in [-0.05, 0) is 104 Å².